The predicted octanol–water partition coefficient (Wildman–Crippen LogP) is 1.02. The summed E-state index contributed by atoms with van der Waals surface area (Å²) < 4.78 is 24.6. The number of benzene rings is 1. The van der Waals surface area contributed by atoms with Crippen molar-refractivity contribution in [1.29, 1.82) is 0 Å². The molecule has 1 aromatic rings. The number of hydrogen-bond donors (Lipinski definition) is 1. The molecule has 1 N–H and O–H groups in total. The van der Waals surface area contributed by atoms with Gasteiger partial charge in [0.05, 0.1) is 23.2 Å². The molecular formula is C12H15BrN2O2S. The van der Waals surface area contributed by atoms with Crippen LogP contribution in [0, 0.1) is 0 Å². The Balaban J connectivity index is 1.96. The number of para-hydroxylation sites is 1. The van der Waals surface area contributed by atoms with Gasteiger partial charge in [-0.2, -0.15) is 0 Å². The summed E-state index contributed by atoms with van der Waals surface area (Å²) in [6.45, 7) is 1.68. The van der Waals surface area contributed by atoms with Crippen molar-refractivity contribution in [1.82, 2.24) is 5.32 Å². The Morgan fingerprint density at radius 1 is 1.28 bits per heavy atom. The van der Waals surface area contributed by atoms with E-state index in [1.165, 1.54) is 0 Å². The summed E-state index contributed by atoms with van der Waals surface area (Å²) in [5.41, 5.74) is 1.09. The van der Waals surface area contributed by atoms with E-state index in [0.29, 0.717) is 0 Å². The summed E-state index contributed by atoms with van der Waals surface area (Å²) in [7, 11) is -2.90. The van der Waals surface area contributed by atoms with Crippen LogP contribution in [0.1, 0.15) is 0 Å². The van der Waals surface area contributed by atoms with Gasteiger partial charge in [0.25, 0.3) is 0 Å². The van der Waals surface area contributed by atoms with E-state index in [-0.39, 0.29) is 23.6 Å². The van der Waals surface area contributed by atoms with Crippen LogP contribution in [0.5, 0.6) is 0 Å². The van der Waals surface area contributed by atoms with Crippen LogP contribution >= 0.6 is 15.9 Å². The normalized spacial score (nSPS) is 30.2. The largest absolute Gasteiger partial charge is 0.364 e. The molecule has 2 atom stereocenters. The second kappa shape index (κ2) is 4.51. The van der Waals surface area contributed by atoms with Crippen LogP contribution in [0.4, 0.5) is 5.69 Å². The Bertz CT molecular complexity index is 561. The fourth-order valence-electron chi connectivity index (χ4n) is 2.85. The molecule has 3 rings (SSSR count). The molecule has 0 spiro atoms. The topological polar surface area (TPSA) is 49.4 Å². The van der Waals surface area contributed by atoms with E-state index in [2.05, 4.69) is 26.1 Å². The lowest BCUT2D eigenvalue weighted by molar-refractivity contribution is 0.425. The van der Waals surface area contributed by atoms with Gasteiger partial charge in [-0.25, -0.2) is 8.42 Å². The zero-order valence-electron chi connectivity index (χ0n) is 9.84. The molecule has 1 aromatic carbocycles. The highest BCUT2D eigenvalue weighted by atomic mass is 79.9. The van der Waals surface area contributed by atoms with Gasteiger partial charge in [0.1, 0.15) is 0 Å². The van der Waals surface area contributed by atoms with E-state index in [9.17, 15) is 8.42 Å². The molecule has 2 saturated heterocycles. The molecule has 0 radical (unpaired) electrons. The maximum absolute atomic E-state index is 11.8. The molecule has 6 heteroatoms. The van der Waals surface area contributed by atoms with Gasteiger partial charge in [0, 0.05) is 23.6 Å². The van der Waals surface area contributed by atoms with Crippen molar-refractivity contribution in [3.05, 3.63) is 28.7 Å². The fraction of sp³-hybridized carbons (Fsp3) is 0.500. The van der Waals surface area contributed by atoms with Crippen LogP contribution in [-0.4, -0.2) is 45.1 Å². The van der Waals surface area contributed by atoms with Crippen LogP contribution in [0.25, 0.3) is 0 Å². The van der Waals surface area contributed by atoms with Crippen LogP contribution in [0.3, 0.4) is 0 Å². The second-order valence-corrected chi connectivity index (χ2v) is 7.86. The lowest BCUT2D eigenvalue weighted by Crippen LogP contribution is -2.57. The number of anilines is 1. The van der Waals surface area contributed by atoms with Crippen LogP contribution < -0.4 is 10.2 Å². The number of hydrogen-bond acceptors (Lipinski definition) is 4. The minimum absolute atomic E-state index is 0.0578. The Morgan fingerprint density at radius 3 is 2.83 bits per heavy atom. The zero-order valence-corrected chi connectivity index (χ0v) is 12.2. The highest BCUT2D eigenvalue weighted by Gasteiger charge is 2.43. The van der Waals surface area contributed by atoms with Gasteiger partial charge < -0.3 is 10.2 Å². The average Bonchev–Trinajstić information content (AvgIpc) is 2.63. The van der Waals surface area contributed by atoms with Crippen LogP contribution in [0.2, 0.25) is 0 Å². The first-order valence-electron chi connectivity index (χ1n) is 6.02. The van der Waals surface area contributed by atoms with Crippen molar-refractivity contribution < 1.29 is 8.42 Å². The molecule has 0 saturated carbocycles. The molecular weight excluding hydrogens is 316 g/mol. The van der Waals surface area contributed by atoms with E-state index in [1.807, 2.05) is 24.3 Å². The molecule has 2 unspecified atom stereocenters. The number of nitrogens with zero attached hydrogens (tertiary/aromatic N) is 1. The summed E-state index contributed by atoms with van der Waals surface area (Å²) in [6, 6.07) is 8.12. The number of nitrogens with one attached hydrogen (secondary N) is 1. The molecule has 2 heterocycles. The van der Waals surface area contributed by atoms with Gasteiger partial charge in [-0.1, -0.05) is 12.1 Å². The SMILES string of the molecule is O=S1(=O)CC2NCCN(c3ccccc3Br)C2C1. The lowest BCUT2D eigenvalue weighted by Gasteiger charge is -2.39. The van der Waals surface area contributed by atoms with Gasteiger partial charge in [-0.3, -0.25) is 0 Å². The van der Waals surface area contributed by atoms with E-state index in [1.54, 1.807) is 0 Å². The molecule has 98 valence electrons. The minimum atomic E-state index is -2.90. The van der Waals surface area contributed by atoms with Crippen molar-refractivity contribution in [2.45, 2.75) is 12.1 Å². The first-order chi connectivity index (χ1) is 8.57. The lowest BCUT2D eigenvalue weighted by atomic mass is 10.1. The predicted molar refractivity (Wildman–Crippen MR) is 75.7 cm³/mol. The average molecular weight is 331 g/mol. The first kappa shape index (κ1) is 12.4. The third kappa shape index (κ3) is 2.17. The van der Waals surface area contributed by atoms with Crippen LogP contribution in [-0.2, 0) is 9.84 Å². The van der Waals surface area contributed by atoms with E-state index in [4.69, 9.17) is 0 Å². The van der Waals surface area contributed by atoms with Gasteiger partial charge in [0.2, 0.25) is 0 Å². The number of sulfone groups is 1. The highest BCUT2D eigenvalue weighted by molar-refractivity contribution is 9.10. The van der Waals surface area contributed by atoms with Gasteiger partial charge >= 0.3 is 0 Å². The van der Waals surface area contributed by atoms with E-state index < -0.39 is 9.84 Å². The third-order valence-corrected chi connectivity index (χ3v) is 6.03. The van der Waals surface area contributed by atoms with E-state index >= 15 is 0 Å². The van der Waals surface area contributed by atoms with Crippen LogP contribution in [0.15, 0.2) is 28.7 Å². The monoisotopic (exact) mass is 330 g/mol. The Kier molecular flexibility index (Phi) is 3.11. The number of rotatable bonds is 1. The standard InChI is InChI=1S/C12H15BrN2O2S/c13-9-3-1-2-4-11(9)15-6-5-14-10-7-18(16,17)8-12(10)15/h1-4,10,12,14H,5-8H2. The minimum Gasteiger partial charge on any atom is -0.364 e. The number of fused-ring (bicyclic) bond motifs is 1. The summed E-state index contributed by atoms with van der Waals surface area (Å²) >= 11 is 3.55. The number of halogens is 1. The van der Waals surface area contributed by atoms with Gasteiger partial charge in [-0.05, 0) is 28.1 Å². The van der Waals surface area contributed by atoms with Gasteiger partial charge in [-0.15, -0.1) is 0 Å². The molecule has 2 aliphatic rings. The zero-order chi connectivity index (χ0) is 12.8. The Labute approximate surface area is 115 Å². The number of piperazine rings is 1. The molecule has 2 aliphatic heterocycles. The first-order valence-corrected chi connectivity index (χ1v) is 8.63. The summed E-state index contributed by atoms with van der Waals surface area (Å²) in [5.74, 6) is 0.518. The van der Waals surface area contributed by atoms with Crippen molar-refractivity contribution in [3.63, 3.8) is 0 Å². The van der Waals surface area contributed by atoms with E-state index in [0.717, 1.165) is 23.2 Å². The molecule has 18 heavy (non-hydrogen) atoms. The highest BCUT2D eigenvalue weighted by Crippen LogP contribution is 2.31. The summed E-state index contributed by atoms with van der Waals surface area (Å²) in [4.78, 5) is 2.22. The van der Waals surface area contributed by atoms with Crippen molar-refractivity contribution in [2.24, 2.45) is 0 Å². The second-order valence-electron chi connectivity index (χ2n) is 4.85. The van der Waals surface area contributed by atoms with Crippen molar-refractivity contribution in [2.75, 3.05) is 29.5 Å². The van der Waals surface area contributed by atoms with Crippen molar-refractivity contribution in [3.8, 4) is 0 Å². The maximum Gasteiger partial charge on any atom is 0.153 e. The molecule has 0 aromatic heterocycles. The molecule has 0 aliphatic carbocycles. The molecule has 0 amide bonds. The summed E-state index contributed by atoms with van der Waals surface area (Å²) in [5, 5.41) is 3.32. The van der Waals surface area contributed by atoms with Gasteiger partial charge in [0.15, 0.2) is 9.84 Å². The molecule has 2 fully saturated rings. The quantitative estimate of drug-likeness (QED) is 0.835. The Morgan fingerprint density at radius 2 is 2.06 bits per heavy atom. The fourth-order valence-corrected chi connectivity index (χ4v) is 5.32. The summed E-state index contributed by atoms with van der Waals surface area (Å²) in [6.07, 6.45) is 0. The molecule has 0 bridgehead atoms. The van der Waals surface area contributed by atoms with Crippen molar-refractivity contribution >= 4 is 31.5 Å². The maximum atomic E-state index is 11.8. The third-order valence-electron chi connectivity index (χ3n) is 3.64. The smallest absolute Gasteiger partial charge is 0.153 e. The Hall–Kier alpha value is -0.590. The molecule has 4 nitrogen and oxygen atoms in total.